The topological polar surface area (TPSA) is 44.8 Å². The molecule has 1 saturated heterocycles. The average Bonchev–Trinajstić information content (AvgIpc) is 2.44. The van der Waals surface area contributed by atoms with E-state index in [0.29, 0.717) is 11.4 Å². The third-order valence-corrected chi connectivity index (χ3v) is 3.55. The van der Waals surface area contributed by atoms with Gasteiger partial charge < -0.3 is 19.9 Å². The van der Waals surface area contributed by atoms with Crippen LogP contribution >= 0.6 is 0 Å². The second kappa shape index (κ2) is 4.70. The summed E-state index contributed by atoms with van der Waals surface area (Å²) in [6.45, 7) is 3.34. The Labute approximate surface area is 110 Å². The number of halogens is 1. The van der Waals surface area contributed by atoms with E-state index in [4.69, 9.17) is 4.74 Å². The van der Waals surface area contributed by atoms with Gasteiger partial charge in [0.1, 0.15) is 5.82 Å². The van der Waals surface area contributed by atoms with Crippen LogP contribution < -0.4 is 19.9 Å². The standard InChI is InChI=1S/C13H16FN3O2/c1-16-10-6-9(14)7-11(13(10)19-8-12(16)18)17-4-2-15-3-5-17/h6-7,15H,2-5,8H2,1H3. The first-order chi connectivity index (χ1) is 9.16. The lowest BCUT2D eigenvalue weighted by Gasteiger charge is -2.34. The lowest BCUT2D eigenvalue weighted by Crippen LogP contribution is -2.44. The average molecular weight is 265 g/mol. The van der Waals surface area contributed by atoms with Crippen LogP contribution in [0.25, 0.3) is 0 Å². The Hall–Kier alpha value is -1.82. The number of benzene rings is 1. The van der Waals surface area contributed by atoms with Gasteiger partial charge >= 0.3 is 0 Å². The fraction of sp³-hybridized carbons (Fsp3) is 0.462. The van der Waals surface area contributed by atoms with Crippen LogP contribution in [0, 0.1) is 5.82 Å². The number of nitrogens with one attached hydrogen (secondary N) is 1. The van der Waals surface area contributed by atoms with E-state index in [0.717, 1.165) is 31.9 Å². The summed E-state index contributed by atoms with van der Waals surface area (Å²) in [5.74, 6) is 0.0900. The number of likely N-dealkylation sites (N-methyl/N-ethyl adjacent to an activating group) is 1. The number of fused-ring (bicyclic) bond motifs is 1. The number of nitrogens with zero attached hydrogens (tertiary/aromatic N) is 2. The molecular formula is C13H16FN3O2. The second-order valence-electron chi connectivity index (χ2n) is 4.75. The third kappa shape index (κ3) is 2.12. The van der Waals surface area contributed by atoms with Crippen molar-refractivity contribution in [2.75, 3.05) is 49.6 Å². The van der Waals surface area contributed by atoms with Crippen molar-refractivity contribution in [1.29, 1.82) is 0 Å². The smallest absolute Gasteiger partial charge is 0.264 e. The van der Waals surface area contributed by atoms with Crippen molar-refractivity contribution in [2.45, 2.75) is 0 Å². The molecule has 0 aromatic heterocycles. The molecule has 2 aliphatic heterocycles. The number of carbonyl (C=O) groups excluding carboxylic acids is 1. The molecule has 0 bridgehead atoms. The van der Waals surface area contributed by atoms with Crippen LogP contribution in [0.2, 0.25) is 0 Å². The third-order valence-electron chi connectivity index (χ3n) is 3.55. The zero-order chi connectivity index (χ0) is 13.4. The van der Waals surface area contributed by atoms with Gasteiger partial charge in [-0.2, -0.15) is 0 Å². The molecule has 0 aliphatic carbocycles. The summed E-state index contributed by atoms with van der Waals surface area (Å²) < 4.78 is 19.3. The van der Waals surface area contributed by atoms with Crippen molar-refractivity contribution in [3.8, 4) is 5.75 Å². The number of rotatable bonds is 1. The van der Waals surface area contributed by atoms with Gasteiger partial charge in [-0.05, 0) is 0 Å². The summed E-state index contributed by atoms with van der Waals surface area (Å²) in [7, 11) is 1.64. The second-order valence-corrected chi connectivity index (χ2v) is 4.75. The van der Waals surface area contributed by atoms with Gasteiger partial charge in [-0.1, -0.05) is 0 Å². The van der Waals surface area contributed by atoms with Gasteiger partial charge in [0.2, 0.25) is 0 Å². The summed E-state index contributed by atoms with van der Waals surface area (Å²) in [6.07, 6.45) is 0. The molecule has 0 spiro atoms. The molecule has 19 heavy (non-hydrogen) atoms. The highest BCUT2D eigenvalue weighted by atomic mass is 19.1. The summed E-state index contributed by atoms with van der Waals surface area (Å²) >= 11 is 0. The first-order valence-electron chi connectivity index (χ1n) is 6.35. The predicted octanol–water partition coefficient (Wildman–Crippen LogP) is 0.591. The number of hydrogen-bond donors (Lipinski definition) is 1. The van der Waals surface area contributed by atoms with Gasteiger partial charge in [-0.25, -0.2) is 4.39 Å². The van der Waals surface area contributed by atoms with Crippen molar-refractivity contribution in [1.82, 2.24) is 5.32 Å². The Kier molecular flexibility index (Phi) is 3.02. The zero-order valence-electron chi connectivity index (χ0n) is 10.8. The molecule has 2 heterocycles. The zero-order valence-corrected chi connectivity index (χ0v) is 10.8. The first kappa shape index (κ1) is 12.2. The Morgan fingerprint density at radius 2 is 1.95 bits per heavy atom. The SMILES string of the molecule is CN1C(=O)COc2c(N3CCNCC3)cc(F)cc21. The van der Waals surface area contributed by atoms with Crippen LogP contribution in [0.15, 0.2) is 12.1 Å². The molecular weight excluding hydrogens is 249 g/mol. The molecule has 1 aromatic carbocycles. The van der Waals surface area contributed by atoms with E-state index in [-0.39, 0.29) is 18.3 Å². The molecule has 1 aromatic rings. The number of anilines is 2. The van der Waals surface area contributed by atoms with Gasteiger partial charge in [-0.15, -0.1) is 0 Å². The minimum atomic E-state index is -0.350. The first-order valence-corrected chi connectivity index (χ1v) is 6.35. The van der Waals surface area contributed by atoms with E-state index in [2.05, 4.69) is 10.2 Å². The van der Waals surface area contributed by atoms with Crippen LogP contribution in [0.1, 0.15) is 0 Å². The Morgan fingerprint density at radius 1 is 1.26 bits per heavy atom. The molecule has 0 radical (unpaired) electrons. The van der Waals surface area contributed by atoms with Crippen molar-refractivity contribution >= 4 is 17.3 Å². The number of piperazine rings is 1. The van der Waals surface area contributed by atoms with Gasteiger partial charge in [-0.3, -0.25) is 4.79 Å². The maximum absolute atomic E-state index is 13.8. The molecule has 0 saturated carbocycles. The van der Waals surface area contributed by atoms with E-state index in [1.54, 1.807) is 7.05 Å². The van der Waals surface area contributed by atoms with Crippen molar-refractivity contribution < 1.29 is 13.9 Å². The molecule has 1 N–H and O–H groups in total. The quantitative estimate of drug-likeness (QED) is 0.807. The highest BCUT2D eigenvalue weighted by molar-refractivity contribution is 5.99. The number of carbonyl (C=O) groups is 1. The van der Waals surface area contributed by atoms with Crippen LogP contribution in [0.5, 0.6) is 5.75 Å². The largest absolute Gasteiger partial charge is 0.479 e. The van der Waals surface area contributed by atoms with Gasteiger partial charge in [0, 0.05) is 45.4 Å². The number of hydrogen-bond acceptors (Lipinski definition) is 4. The summed E-state index contributed by atoms with van der Waals surface area (Å²) in [5.41, 5.74) is 1.24. The lowest BCUT2D eigenvalue weighted by atomic mass is 10.1. The fourth-order valence-electron chi connectivity index (χ4n) is 2.47. The molecule has 2 aliphatic rings. The minimum absolute atomic E-state index is 0.00816. The fourth-order valence-corrected chi connectivity index (χ4v) is 2.47. The Bertz CT molecular complexity index is 515. The van der Waals surface area contributed by atoms with Crippen LogP contribution in [-0.2, 0) is 4.79 Å². The molecule has 3 rings (SSSR count). The molecule has 102 valence electrons. The van der Waals surface area contributed by atoms with E-state index < -0.39 is 0 Å². The predicted molar refractivity (Wildman–Crippen MR) is 70.4 cm³/mol. The van der Waals surface area contributed by atoms with Gasteiger partial charge in [0.15, 0.2) is 12.4 Å². The number of ether oxygens (including phenoxy) is 1. The minimum Gasteiger partial charge on any atom is -0.479 e. The van der Waals surface area contributed by atoms with Gasteiger partial charge in [0.05, 0.1) is 11.4 Å². The van der Waals surface area contributed by atoms with E-state index in [1.807, 2.05) is 0 Å². The normalized spacial score (nSPS) is 19.2. The summed E-state index contributed by atoms with van der Waals surface area (Å²) in [4.78, 5) is 15.1. The monoisotopic (exact) mass is 265 g/mol. The highest BCUT2D eigenvalue weighted by Crippen LogP contribution is 2.41. The summed E-state index contributed by atoms with van der Waals surface area (Å²) in [5, 5.41) is 3.25. The Morgan fingerprint density at radius 3 is 2.68 bits per heavy atom. The molecule has 0 unspecified atom stereocenters. The summed E-state index contributed by atoms with van der Waals surface area (Å²) in [6, 6.07) is 2.83. The molecule has 1 fully saturated rings. The van der Waals surface area contributed by atoms with Crippen LogP contribution in [0.3, 0.4) is 0 Å². The Balaban J connectivity index is 2.04. The maximum atomic E-state index is 13.8. The van der Waals surface area contributed by atoms with Crippen molar-refractivity contribution in [3.05, 3.63) is 17.9 Å². The van der Waals surface area contributed by atoms with Crippen LogP contribution in [0.4, 0.5) is 15.8 Å². The molecule has 6 heteroatoms. The lowest BCUT2D eigenvalue weighted by molar-refractivity contribution is -0.120. The molecule has 5 nitrogen and oxygen atoms in total. The van der Waals surface area contributed by atoms with E-state index in [1.165, 1.54) is 17.0 Å². The van der Waals surface area contributed by atoms with Gasteiger partial charge in [0.25, 0.3) is 5.91 Å². The van der Waals surface area contributed by atoms with E-state index in [9.17, 15) is 9.18 Å². The van der Waals surface area contributed by atoms with Crippen molar-refractivity contribution in [2.24, 2.45) is 0 Å². The van der Waals surface area contributed by atoms with Crippen molar-refractivity contribution in [3.63, 3.8) is 0 Å². The molecule has 1 amide bonds. The van der Waals surface area contributed by atoms with E-state index >= 15 is 0 Å². The van der Waals surface area contributed by atoms with Crippen LogP contribution in [-0.4, -0.2) is 45.7 Å². The number of amides is 1. The highest BCUT2D eigenvalue weighted by Gasteiger charge is 2.28. The maximum Gasteiger partial charge on any atom is 0.264 e. The molecule has 0 atom stereocenters.